The third kappa shape index (κ3) is 6.31. The van der Waals surface area contributed by atoms with Gasteiger partial charge in [-0.05, 0) is 50.3 Å². The van der Waals surface area contributed by atoms with Crippen molar-refractivity contribution in [1.29, 1.82) is 0 Å². The number of carbonyl (C=O) groups is 2. The molecule has 2 N–H and O–H groups in total. The zero-order valence-corrected chi connectivity index (χ0v) is 18.8. The van der Waals surface area contributed by atoms with Gasteiger partial charge in [-0.15, -0.1) is 0 Å². The van der Waals surface area contributed by atoms with Gasteiger partial charge in [0.2, 0.25) is 11.8 Å². The van der Waals surface area contributed by atoms with Gasteiger partial charge in [0.25, 0.3) is 0 Å². The van der Waals surface area contributed by atoms with Crippen LogP contribution >= 0.6 is 12.6 Å². The van der Waals surface area contributed by atoms with Crippen LogP contribution in [-0.2, 0) is 20.7 Å². The quantitative estimate of drug-likeness (QED) is 0.519. The third-order valence-corrected chi connectivity index (χ3v) is 6.52. The van der Waals surface area contributed by atoms with E-state index < -0.39 is 11.5 Å². The molecule has 0 saturated heterocycles. The Bertz CT molecular complexity index is 840. The monoisotopic (exact) mass is 441 g/mol. The van der Waals surface area contributed by atoms with Gasteiger partial charge in [0, 0.05) is 25.0 Å². The van der Waals surface area contributed by atoms with Crippen molar-refractivity contribution in [3.05, 3.63) is 60.4 Å². The van der Waals surface area contributed by atoms with Gasteiger partial charge in [-0.25, -0.2) is 0 Å². The van der Waals surface area contributed by atoms with Crippen LogP contribution in [0.2, 0.25) is 0 Å². The van der Waals surface area contributed by atoms with E-state index >= 15 is 0 Å². The molecular formula is C24H31N3O3S. The molecule has 1 aromatic heterocycles. The summed E-state index contributed by atoms with van der Waals surface area (Å²) in [4.78, 5) is 30.5. The topological polar surface area (TPSA) is 80.3 Å². The van der Waals surface area contributed by atoms with Crippen LogP contribution < -0.4 is 10.6 Å². The van der Waals surface area contributed by atoms with Gasteiger partial charge in [0.1, 0.15) is 6.04 Å². The predicted molar refractivity (Wildman–Crippen MR) is 125 cm³/mol. The summed E-state index contributed by atoms with van der Waals surface area (Å²) < 4.78 is 5.74. The van der Waals surface area contributed by atoms with Crippen molar-refractivity contribution in [3.8, 4) is 0 Å². The number of anilines is 1. The van der Waals surface area contributed by atoms with Crippen LogP contribution in [0.1, 0.15) is 38.2 Å². The summed E-state index contributed by atoms with van der Waals surface area (Å²) in [6, 6.07) is 12.5. The molecule has 1 heterocycles. The summed E-state index contributed by atoms with van der Waals surface area (Å²) in [5.41, 5.74) is 0.996. The summed E-state index contributed by atoms with van der Waals surface area (Å²) in [6.07, 6.45) is 6.89. The first-order valence-corrected chi connectivity index (χ1v) is 11.5. The van der Waals surface area contributed by atoms with Gasteiger partial charge >= 0.3 is 0 Å². The van der Waals surface area contributed by atoms with Gasteiger partial charge in [-0.1, -0.05) is 30.3 Å². The van der Waals surface area contributed by atoms with Gasteiger partial charge in [-0.2, -0.15) is 12.6 Å². The fourth-order valence-electron chi connectivity index (χ4n) is 4.04. The highest BCUT2D eigenvalue weighted by atomic mass is 32.1. The normalized spacial score (nSPS) is 21.8. The van der Waals surface area contributed by atoms with E-state index in [-0.39, 0.29) is 17.9 Å². The molecule has 1 aliphatic rings. The van der Waals surface area contributed by atoms with E-state index in [4.69, 9.17) is 4.74 Å². The van der Waals surface area contributed by atoms with Crippen LogP contribution in [0.15, 0.2) is 54.9 Å². The first kappa shape index (κ1) is 23.3. The molecule has 0 radical (unpaired) electrons. The maximum atomic E-state index is 13.4. The van der Waals surface area contributed by atoms with E-state index in [1.165, 1.54) is 0 Å². The Balaban J connectivity index is 1.73. The number of nitrogens with one attached hydrogen (secondary N) is 2. The number of pyridine rings is 1. The number of nitrogens with zero attached hydrogens (tertiary/aromatic N) is 1. The highest BCUT2D eigenvalue weighted by molar-refractivity contribution is 7.80. The first-order chi connectivity index (χ1) is 15.1. The Kier molecular flexibility index (Phi) is 8.49. The number of amides is 2. The molecule has 1 aromatic carbocycles. The summed E-state index contributed by atoms with van der Waals surface area (Å²) in [6.45, 7) is 2.67. The largest absolute Gasteiger partial charge is 0.379 e. The Morgan fingerprint density at radius 3 is 2.55 bits per heavy atom. The lowest BCUT2D eigenvalue weighted by atomic mass is 9.73. The number of carbonyl (C=O) groups excluding carboxylic acids is 2. The lowest BCUT2D eigenvalue weighted by Gasteiger charge is -2.38. The van der Waals surface area contributed by atoms with Gasteiger partial charge in [0.05, 0.1) is 23.4 Å². The van der Waals surface area contributed by atoms with Crippen molar-refractivity contribution in [2.75, 3.05) is 17.7 Å². The molecule has 0 unspecified atom stereocenters. The molecule has 7 heteroatoms. The molecule has 2 amide bonds. The number of ether oxygens (including phenoxy) is 1. The van der Waals surface area contributed by atoms with Crippen LogP contribution in [0.5, 0.6) is 0 Å². The van der Waals surface area contributed by atoms with Crippen molar-refractivity contribution in [2.45, 2.75) is 51.2 Å². The maximum absolute atomic E-state index is 13.4. The number of hydrogen-bond acceptors (Lipinski definition) is 5. The van der Waals surface area contributed by atoms with Crippen LogP contribution in [-0.4, -0.2) is 41.3 Å². The van der Waals surface area contributed by atoms with Crippen molar-refractivity contribution < 1.29 is 14.3 Å². The van der Waals surface area contributed by atoms with Gasteiger partial charge < -0.3 is 15.4 Å². The van der Waals surface area contributed by atoms with Crippen LogP contribution in [0, 0.1) is 5.41 Å². The average Bonchev–Trinajstić information content (AvgIpc) is 2.81. The summed E-state index contributed by atoms with van der Waals surface area (Å²) >= 11 is 4.51. The zero-order chi connectivity index (χ0) is 22.1. The van der Waals surface area contributed by atoms with Crippen molar-refractivity contribution in [2.24, 2.45) is 5.41 Å². The van der Waals surface area contributed by atoms with E-state index in [9.17, 15) is 9.59 Å². The molecule has 1 aliphatic carbocycles. The van der Waals surface area contributed by atoms with Crippen molar-refractivity contribution in [3.63, 3.8) is 0 Å². The van der Waals surface area contributed by atoms with Crippen LogP contribution in [0.25, 0.3) is 0 Å². The highest BCUT2D eigenvalue weighted by Crippen LogP contribution is 2.38. The van der Waals surface area contributed by atoms with Crippen molar-refractivity contribution in [1.82, 2.24) is 10.3 Å². The summed E-state index contributed by atoms with van der Waals surface area (Å²) in [5, 5.41) is 5.90. The fraction of sp³-hybridized carbons (Fsp3) is 0.458. The lowest BCUT2D eigenvalue weighted by molar-refractivity contribution is -0.136. The maximum Gasteiger partial charge on any atom is 0.247 e. The number of benzene rings is 1. The lowest BCUT2D eigenvalue weighted by Crippen LogP contribution is -2.53. The standard InChI is InChI=1S/C24H31N3O3S/c1-2-30-20-10-12-24(17-31,13-11-20)23(29)27-21(15-18-7-4-3-5-8-18)22(28)26-19-9-6-14-25-16-19/h3-9,14,16,20-21,31H,2,10-13,15,17H2,1H3,(H,26,28)(H,27,29)/t20?,21-,24?/m0/s1. The predicted octanol–water partition coefficient (Wildman–Crippen LogP) is 3.64. The zero-order valence-electron chi connectivity index (χ0n) is 17.9. The van der Waals surface area contributed by atoms with Gasteiger partial charge in [-0.3, -0.25) is 14.6 Å². The molecule has 2 aromatic rings. The number of aromatic nitrogens is 1. The molecule has 31 heavy (non-hydrogen) atoms. The third-order valence-electron chi connectivity index (χ3n) is 5.91. The number of rotatable bonds is 9. The highest BCUT2D eigenvalue weighted by Gasteiger charge is 2.42. The molecule has 0 bridgehead atoms. The Hall–Kier alpha value is -2.38. The fourth-order valence-corrected chi connectivity index (χ4v) is 4.50. The Morgan fingerprint density at radius 1 is 1.19 bits per heavy atom. The van der Waals surface area contributed by atoms with Gasteiger partial charge in [0.15, 0.2) is 0 Å². The Morgan fingerprint density at radius 2 is 1.94 bits per heavy atom. The average molecular weight is 442 g/mol. The van der Waals surface area contributed by atoms with Crippen molar-refractivity contribution >= 4 is 30.1 Å². The minimum atomic E-state index is -0.698. The molecular weight excluding hydrogens is 410 g/mol. The minimum Gasteiger partial charge on any atom is -0.379 e. The van der Waals surface area contributed by atoms with E-state index in [1.807, 2.05) is 37.3 Å². The van der Waals surface area contributed by atoms with E-state index in [0.717, 1.165) is 18.4 Å². The SMILES string of the molecule is CCOC1CCC(CS)(C(=O)N[C@@H](Cc2ccccc2)C(=O)Nc2cccnc2)CC1. The molecule has 6 nitrogen and oxygen atoms in total. The minimum absolute atomic E-state index is 0.111. The van der Waals surface area contributed by atoms with Crippen LogP contribution in [0.3, 0.4) is 0 Å². The molecule has 1 saturated carbocycles. The smallest absolute Gasteiger partial charge is 0.247 e. The molecule has 166 valence electrons. The molecule has 3 rings (SSSR count). The number of thiol groups is 1. The summed E-state index contributed by atoms with van der Waals surface area (Å²) in [7, 11) is 0. The molecule has 0 aliphatic heterocycles. The molecule has 0 spiro atoms. The van der Waals surface area contributed by atoms with Crippen LogP contribution in [0.4, 0.5) is 5.69 Å². The molecule has 1 atom stereocenters. The second-order valence-corrected chi connectivity index (χ2v) is 8.36. The summed E-state index contributed by atoms with van der Waals surface area (Å²) in [5.74, 6) is 0.0715. The van der Waals surface area contributed by atoms with E-state index in [2.05, 4.69) is 28.2 Å². The second kappa shape index (κ2) is 11.3. The first-order valence-electron chi connectivity index (χ1n) is 10.8. The van der Waals surface area contributed by atoms with E-state index in [1.54, 1.807) is 24.5 Å². The Labute approximate surface area is 189 Å². The van der Waals surface area contributed by atoms with E-state index in [0.29, 0.717) is 37.3 Å². The second-order valence-electron chi connectivity index (χ2n) is 8.04. The number of hydrogen-bond donors (Lipinski definition) is 3. The molecule has 1 fully saturated rings.